The van der Waals surface area contributed by atoms with Gasteiger partial charge in [0.2, 0.25) is 0 Å². The van der Waals surface area contributed by atoms with E-state index in [-0.39, 0.29) is 0 Å². The van der Waals surface area contributed by atoms with E-state index in [1.54, 1.807) is 0 Å². The molecule has 0 saturated heterocycles. The van der Waals surface area contributed by atoms with Crippen LogP contribution >= 0.6 is 11.6 Å². The Morgan fingerprint density at radius 1 is 0.625 bits per heavy atom. The molecule has 1 aliphatic heterocycles. The van der Waals surface area contributed by atoms with E-state index >= 15 is 0 Å². The Morgan fingerprint density at radius 2 is 1.46 bits per heavy atom. The Bertz CT molecular complexity index is 1080. The van der Waals surface area contributed by atoms with Gasteiger partial charge in [-0.2, -0.15) is 0 Å². The summed E-state index contributed by atoms with van der Waals surface area (Å²) in [5.41, 5.74) is 4.64. The maximum absolute atomic E-state index is 6.21. The molecule has 2 heteroatoms. The number of benzene rings is 4. The second-order valence-electron chi connectivity index (χ2n) is 5.95. The topological polar surface area (TPSA) is 9.23 Å². The molecule has 0 fully saturated rings. The van der Waals surface area contributed by atoms with Crippen LogP contribution in [0.3, 0.4) is 0 Å². The highest BCUT2D eigenvalue weighted by Crippen LogP contribution is 2.48. The fourth-order valence-corrected chi connectivity index (χ4v) is 3.65. The average molecular weight is 329 g/mol. The van der Waals surface area contributed by atoms with Gasteiger partial charge in [0.05, 0.1) is 0 Å². The summed E-state index contributed by atoms with van der Waals surface area (Å²) >= 11 is 6.21. The van der Waals surface area contributed by atoms with Gasteiger partial charge in [0.1, 0.15) is 11.5 Å². The molecule has 4 aromatic carbocycles. The summed E-state index contributed by atoms with van der Waals surface area (Å²) in [6.45, 7) is 0. The third-order valence-electron chi connectivity index (χ3n) is 4.54. The number of hydrogen-bond donors (Lipinski definition) is 0. The first-order valence-electron chi connectivity index (χ1n) is 7.90. The van der Waals surface area contributed by atoms with Crippen molar-refractivity contribution >= 4 is 22.4 Å². The monoisotopic (exact) mass is 328 g/mol. The highest BCUT2D eigenvalue weighted by Gasteiger charge is 2.21. The van der Waals surface area contributed by atoms with Gasteiger partial charge in [-0.25, -0.2) is 0 Å². The van der Waals surface area contributed by atoms with Gasteiger partial charge in [0, 0.05) is 16.0 Å². The minimum absolute atomic E-state index is 0.719. The quantitative estimate of drug-likeness (QED) is 0.324. The van der Waals surface area contributed by atoms with Gasteiger partial charge >= 0.3 is 0 Å². The molecule has 1 aliphatic rings. The molecule has 1 nitrogen and oxygen atoms in total. The van der Waals surface area contributed by atoms with E-state index < -0.39 is 0 Å². The van der Waals surface area contributed by atoms with Crippen molar-refractivity contribution in [1.82, 2.24) is 0 Å². The fourth-order valence-electron chi connectivity index (χ4n) is 3.47. The molecule has 0 amide bonds. The summed E-state index contributed by atoms with van der Waals surface area (Å²) in [7, 11) is 0. The van der Waals surface area contributed by atoms with E-state index in [0.29, 0.717) is 0 Å². The lowest BCUT2D eigenvalue weighted by molar-refractivity contribution is 0.487. The predicted octanol–water partition coefficient (Wildman–Crippen LogP) is 6.93. The van der Waals surface area contributed by atoms with Gasteiger partial charge < -0.3 is 4.74 Å². The maximum atomic E-state index is 6.21. The van der Waals surface area contributed by atoms with Crippen molar-refractivity contribution in [2.75, 3.05) is 0 Å². The summed E-state index contributed by atoms with van der Waals surface area (Å²) < 4.78 is 6.14. The summed E-state index contributed by atoms with van der Waals surface area (Å²) in [6, 6.07) is 26.8. The molecule has 0 N–H and O–H groups in total. The van der Waals surface area contributed by atoms with Crippen molar-refractivity contribution in [2.45, 2.75) is 0 Å². The van der Waals surface area contributed by atoms with E-state index in [0.717, 1.165) is 27.5 Å². The maximum Gasteiger partial charge on any atom is 0.135 e. The number of ether oxygens (including phenoxy) is 1. The van der Waals surface area contributed by atoms with Crippen LogP contribution < -0.4 is 4.74 Å². The molecule has 114 valence electrons. The molecule has 0 unspecified atom stereocenters. The Kier molecular flexibility index (Phi) is 2.91. The summed E-state index contributed by atoms with van der Waals surface area (Å²) in [4.78, 5) is 0. The van der Waals surface area contributed by atoms with Crippen molar-refractivity contribution < 1.29 is 4.74 Å². The minimum Gasteiger partial charge on any atom is -0.456 e. The first kappa shape index (κ1) is 13.6. The van der Waals surface area contributed by atoms with Crippen LogP contribution in [0.2, 0.25) is 5.02 Å². The minimum atomic E-state index is 0.719. The summed E-state index contributed by atoms with van der Waals surface area (Å²) in [5, 5.41) is 3.06. The lowest BCUT2D eigenvalue weighted by atomic mass is 9.90. The molecule has 4 aromatic rings. The Hall–Kier alpha value is -2.77. The Labute approximate surface area is 145 Å². The standard InChI is InChI=1S/C22H13ClO/c23-15-9-11-20-19(13-15)18-8-4-7-17-16(14-5-2-1-3-6-14)10-12-21(24-20)22(17)18/h1-13H. The van der Waals surface area contributed by atoms with Gasteiger partial charge in [-0.1, -0.05) is 66.2 Å². The van der Waals surface area contributed by atoms with Crippen LogP contribution in [0.1, 0.15) is 0 Å². The van der Waals surface area contributed by atoms with E-state index in [2.05, 4.69) is 54.6 Å². The van der Waals surface area contributed by atoms with Gasteiger partial charge in [0.15, 0.2) is 0 Å². The largest absolute Gasteiger partial charge is 0.456 e. The lowest BCUT2D eigenvalue weighted by Crippen LogP contribution is -1.97. The highest BCUT2D eigenvalue weighted by atomic mass is 35.5. The molecular formula is C22H13ClO. The van der Waals surface area contributed by atoms with Gasteiger partial charge in [-0.15, -0.1) is 0 Å². The molecule has 0 saturated carbocycles. The van der Waals surface area contributed by atoms with E-state index in [1.165, 1.54) is 22.1 Å². The van der Waals surface area contributed by atoms with Gasteiger partial charge in [0.25, 0.3) is 0 Å². The van der Waals surface area contributed by atoms with Crippen molar-refractivity contribution in [1.29, 1.82) is 0 Å². The first-order valence-corrected chi connectivity index (χ1v) is 8.28. The van der Waals surface area contributed by atoms with Crippen LogP contribution in [-0.4, -0.2) is 0 Å². The molecule has 24 heavy (non-hydrogen) atoms. The zero-order chi connectivity index (χ0) is 16.1. The number of fused-ring (bicyclic) bond motifs is 2. The molecule has 0 aromatic heterocycles. The average Bonchev–Trinajstić information content (AvgIpc) is 2.63. The first-order chi connectivity index (χ1) is 11.8. The van der Waals surface area contributed by atoms with E-state index in [1.807, 2.05) is 24.3 Å². The van der Waals surface area contributed by atoms with Crippen LogP contribution in [0.5, 0.6) is 11.5 Å². The van der Waals surface area contributed by atoms with Gasteiger partial charge in [-0.05, 0) is 46.3 Å². The van der Waals surface area contributed by atoms with Crippen molar-refractivity contribution in [3.05, 3.63) is 83.9 Å². The molecule has 1 heterocycles. The molecular weight excluding hydrogens is 316 g/mol. The van der Waals surface area contributed by atoms with Gasteiger partial charge in [-0.3, -0.25) is 0 Å². The third kappa shape index (κ3) is 1.95. The highest BCUT2D eigenvalue weighted by molar-refractivity contribution is 6.31. The second-order valence-corrected chi connectivity index (χ2v) is 6.38. The normalized spacial score (nSPS) is 11.9. The van der Waals surface area contributed by atoms with Crippen LogP contribution in [0.25, 0.3) is 33.0 Å². The van der Waals surface area contributed by atoms with Crippen LogP contribution in [0.15, 0.2) is 78.9 Å². The third-order valence-corrected chi connectivity index (χ3v) is 4.77. The molecule has 0 aliphatic carbocycles. The number of hydrogen-bond acceptors (Lipinski definition) is 1. The zero-order valence-electron chi connectivity index (χ0n) is 12.8. The lowest BCUT2D eigenvalue weighted by Gasteiger charge is -2.22. The van der Waals surface area contributed by atoms with Crippen LogP contribution in [-0.2, 0) is 0 Å². The van der Waals surface area contributed by atoms with E-state index in [4.69, 9.17) is 16.3 Å². The van der Waals surface area contributed by atoms with Crippen LogP contribution in [0.4, 0.5) is 0 Å². The van der Waals surface area contributed by atoms with Crippen molar-refractivity contribution in [3.8, 4) is 33.8 Å². The number of halogens is 1. The molecule has 0 spiro atoms. The van der Waals surface area contributed by atoms with Crippen molar-refractivity contribution in [3.63, 3.8) is 0 Å². The molecule has 0 atom stereocenters. The Morgan fingerprint density at radius 3 is 2.33 bits per heavy atom. The number of rotatable bonds is 1. The fraction of sp³-hybridized carbons (Fsp3) is 0. The predicted molar refractivity (Wildman–Crippen MR) is 99.9 cm³/mol. The summed E-state index contributed by atoms with van der Waals surface area (Å²) in [5.74, 6) is 1.75. The summed E-state index contributed by atoms with van der Waals surface area (Å²) in [6.07, 6.45) is 0. The molecule has 5 rings (SSSR count). The molecule has 0 bridgehead atoms. The van der Waals surface area contributed by atoms with Crippen molar-refractivity contribution in [2.24, 2.45) is 0 Å². The van der Waals surface area contributed by atoms with Crippen LogP contribution in [0, 0.1) is 0 Å². The zero-order valence-corrected chi connectivity index (χ0v) is 13.5. The SMILES string of the molecule is Clc1ccc2c(c1)-c1cccc3c(-c4ccccc4)ccc(c13)O2. The smallest absolute Gasteiger partial charge is 0.135 e. The second kappa shape index (κ2) is 5.12. The van der Waals surface area contributed by atoms with E-state index in [9.17, 15) is 0 Å². The Balaban J connectivity index is 1.87. The molecule has 0 radical (unpaired) electrons.